The summed E-state index contributed by atoms with van der Waals surface area (Å²) in [6.07, 6.45) is 0. The lowest BCUT2D eigenvalue weighted by atomic mass is 10.1. The molecule has 2 heterocycles. The van der Waals surface area contributed by atoms with Crippen molar-refractivity contribution in [1.82, 2.24) is 9.80 Å². The van der Waals surface area contributed by atoms with Crippen molar-refractivity contribution in [3.63, 3.8) is 0 Å². The van der Waals surface area contributed by atoms with E-state index in [0.717, 1.165) is 29.1 Å². The van der Waals surface area contributed by atoms with Gasteiger partial charge in [0.05, 0.1) is 66.1 Å². The van der Waals surface area contributed by atoms with E-state index in [1.54, 1.807) is 0 Å². The van der Waals surface area contributed by atoms with Crippen molar-refractivity contribution in [1.29, 1.82) is 0 Å². The molecule has 2 aliphatic heterocycles. The number of benzene rings is 2. The molecule has 0 amide bonds. The Labute approximate surface area is 304 Å². The van der Waals surface area contributed by atoms with E-state index in [-0.39, 0.29) is 12.1 Å². The van der Waals surface area contributed by atoms with Crippen molar-refractivity contribution in [2.24, 2.45) is 23.7 Å². The van der Waals surface area contributed by atoms with Gasteiger partial charge in [-0.15, -0.1) is 0 Å². The maximum absolute atomic E-state index is 6.05. The van der Waals surface area contributed by atoms with Crippen molar-refractivity contribution < 1.29 is 33.2 Å². The normalized spacial score (nSPS) is 18.8. The summed E-state index contributed by atoms with van der Waals surface area (Å²) in [7, 11) is 0. The topological polar surface area (TPSA) is 71.1 Å². The van der Waals surface area contributed by atoms with E-state index < -0.39 is 0 Å². The third kappa shape index (κ3) is 14.1. The molecule has 9 nitrogen and oxygen atoms in total. The van der Waals surface area contributed by atoms with Crippen LogP contribution in [0.2, 0.25) is 0 Å². The number of hydrogen-bond donors (Lipinski definition) is 0. The van der Waals surface area contributed by atoms with E-state index >= 15 is 0 Å². The van der Waals surface area contributed by atoms with Crippen molar-refractivity contribution in [3.05, 3.63) is 57.6 Å². The third-order valence-electron chi connectivity index (χ3n) is 8.94. The van der Waals surface area contributed by atoms with Crippen molar-refractivity contribution in [3.8, 4) is 11.5 Å². The highest BCUT2D eigenvalue weighted by atomic mass is 79.9. The molecule has 10 heteroatoms. The number of fused-ring (bicyclic) bond motifs is 2. The zero-order chi connectivity index (χ0) is 35.2. The number of halogens is 1. The van der Waals surface area contributed by atoms with Gasteiger partial charge >= 0.3 is 0 Å². The minimum absolute atomic E-state index is 0.270. The summed E-state index contributed by atoms with van der Waals surface area (Å²) < 4.78 is 43.0. The zero-order valence-corrected chi connectivity index (χ0v) is 32.5. The molecular weight excluding hydrogens is 688 g/mol. The molecular formula is C39H61BrN2O7. The molecule has 4 rings (SSSR count). The highest BCUT2D eigenvalue weighted by Crippen LogP contribution is 2.29. The van der Waals surface area contributed by atoms with Crippen molar-refractivity contribution in [2.45, 2.75) is 73.6 Å². The lowest BCUT2D eigenvalue weighted by Gasteiger charge is -2.33. The summed E-state index contributed by atoms with van der Waals surface area (Å²) in [5, 5.41) is 0. The first kappa shape index (κ1) is 40.0. The van der Waals surface area contributed by atoms with E-state index in [2.05, 4.69) is 98.5 Å². The van der Waals surface area contributed by atoms with Gasteiger partial charge in [0.15, 0.2) is 0 Å². The Morgan fingerprint density at radius 1 is 0.551 bits per heavy atom. The Morgan fingerprint density at radius 3 is 1.35 bits per heavy atom. The van der Waals surface area contributed by atoms with Gasteiger partial charge in [0.2, 0.25) is 0 Å². The van der Waals surface area contributed by atoms with Gasteiger partial charge < -0.3 is 33.2 Å². The van der Waals surface area contributed by atoms with E-state index in [0.29, 0.717) is 103 Å². The molecule has 0 saturated heterocycles. The highest BCUT2D eigenvalue weighted by Gasteiger charge is 2.23. The van der Waals surface area contributed by atoms with Gasteiger partial charge in [-0.05, 0) is 45.0 Å². The van der Waals surface area contributed by atoms with E-state index in [9.17, 15) is 0 Å². The van der Waals surface area contributed by atoms with Gasteiger partial charge in [-0.25, -0.2) is 0 Å². The van der Waals surface area contributed by atoms with Crippen LogP contribution in [0.25, 0.3) is 0 Å². The minimum Gasteiger partial charge on any atom is -0.478 e. The standard InChI is InChI=1S/C39H61BrN2O7/c1-28-8-10-38-35(12-28)14-41(26-48-38)33(6)24-46-22-31(4)20-44-18-29(2)16-43-17-30(3)19-45-21-32(5)23-47-25-34(7)42-15-36-13-37(40)9-11-39(36)49-27-42/h8-13,29-34H,14-27H2,1-7H3. The molecule has 2 aliphatic rings. The SMILES string of the molecule is Cc1ccc2c(c1)CN(C(C)COCC(C)COCC(C)COCC(C)COCC(C)COCC(C)N1COc3ccc(Br)cc3C1)CO2. The number of nitrogens with zero attached hydrogens (tertiary/aromatic N) is 2. The molecule has 0 aromatic heterocycles. The smallest absolute Gasteiger partial charge is 0.142 e. The largest absolute Gasteiger partial charge is 0.478 e. The quantitative estimate of drug-likeness (QED) is 0.125. The fourth-order valence-electron chi connectivity index (χ4n) is 5.88. The van der Waals surface area contributed by atoms with Crippen LogP contribution in [0.1, 0.15) is 58.2 Å². The van der Waals surface area contributed by atoms with Gasteiger partial charge in [0.1, 0.15) is 25.0 Å². The molecule has 0 spiro atoms. The molecule has 0 N–H and O–H groups in total. The van der Waals surface area contributed by atoms with E-state index in [1.165, 1.54) is 16.7 Å². The second kappa shape index (κ2) is 20.9. The maximum atomic E-state index is 6.05. The van der Waals surface area contributed by atoms with Crippen LogP contribution in [0, 0.1) is 30.6 Å². The van der Waals surface area contributed by atoms with Crippen molar-refractivity contribution in [2.75, 3.05) is 79.5 Å². The first-order chi connectivity index (χ1) is 23.6. The summed E-state index contributed by atoms with van der Waals surface area (Å²) in [4.78, 5) is 4.62. The molecule has 49 heavy (non-hydrogen) atoms. The molecule has 0 fully saturated rings. The van der Waals surface area contributed by atoms with Gasteiger partial charge in [-0.2, -0.15) is 0 Å². The van der Waals surface area contributed by atoms with Crippen LogP contribution in [-0.4, -0.2) is 101 Å². The first-order valence-electron chi connectivity index (χ1n) is 18.1. The molecule has 2 aromatic carbocycles. The summed E-state index contributed by atoms with van der Waals surface area (Å²) in [6, 6.07) is 13.1. The molecule has 0 saturated carbocycles. The molecule has 276 valence electrons. The van der Waals surface area contributed by atoms with E-state index in [1.807, 2.05) is 12.1 Å². The van der Waals surface area contributed by atoms with Crippen LogP contribution < -0.4 is 9.47 Å². The van der Waals surface area contributed by atoms with Gasteiger partial charge in [-0.3, -0.25) is 9.80 Å². The van der Waals surface area contributed by atoms with Gasteiger partial charge in [0.25, 0.3) is 0 Å². The summed E-state index contributed by atoms with van der Waals surface area (Å²) in [6.45, 7) is 24.9. The number of rotatable bonds is 22. The Bertz CT molecular complexity index is 1160. The molecule has 6 unspecified atom stereocenters. The minimum atomic E-state index is 0.270. The van der Waals surface area contributed by atoms with Gasteiger partial charge in [0, 0.05) is 64.4 Å². The van der Waals surface area contributed by atoms with Crippen molar-refractivity contribution >= 4 is 15.9 Å². The number of hydrogen-bond acceptors (Lipinski definition) is 9. The lowest BCUT2D eigenvalue weighted by Crippen LogP contribution is -2.41. The molecule has 2 aromatic rings. The summed E-state index contributed by atoms with van der Waals surface area (Å²) in [5.41, 5.74) is 3.71. The first-order valence-corrected chi connectivity index (χ1v) is 18.9. The van der Waals surface area contributed by atoms with Gasteiger partial charge in [-0.1, -0.05) is 61.3 Å². The monoisotopic (exact) mass is 748 g/mol. The Hall–Kier alpha value is -1.76. The molecule has 0 aliphatic carbocycles. The predicted octanol–water partition coefficient (Wildman–Crippen LogP) is 7.17. The van der Waals surface area contributed by atoms with Crippen LogP contribution in [0.3, 0.4) is 0 Å². The maximum Gasteiger partial charge on any atom is 0.142 e. The van der Waals surface area contributed by atoms with Crippen LogP contribution in [-0.2, 0) is 36.8 Å². The number of aryl methyl sites for hydroxylation is 1. The summed E-state index contributed by atoms with van der Waals surface area (Å²) in [5.74, 6) is 3.29. The average molecular weight is 750 g/mol. The Morgan fingerprint density at radius 2 is 0.918 bits per heavy atom. The average Bonchev–Trinajstić information content (AvgIpc) is 3.07. The fourth-order valence-corrected chi connectivity index (χ4v) is 6.29. The predicted molar refractivity (Wildman–Crippen MR) is 197 cm³/mol. The number of ether oxygens (including phenoxy) is 7. The van der Waals surface area contributed by atoms with Crippen LogP contribution in [0.15, 0.2) is 40.9 Å². The van der Waals surface area contributed by atoms with Crippen LogP contribution in [0.5, 0.6) is 11.5 Å². The van der Waals surface area contributed by atoms with Crippen LogP contribution in [0.4, 0.5) is 0 Å². The fraction of sp³-hybridized carbons (Fsp3) is 0.692. The molecule has 0 bridgehead atoms. The highest BCUT2D eigenvalue weighted by molar-refractivity contribution is 9.10. The second-order valence-electron chi connectivity index (χ2n) is 14.7. The lowest BCUT2D eigenvalue weighted by molar-refractivity contribution is -0.0209. The summed E-state index contributed by atoms with van der Waals surface area (Å²) >= 11 is 3.56. The zero-order valence-electron chi connectivity index (χ0n) is 31.0. The molecule has 0 radical (unpaired) electrons. The second-order valence-corrected chi connectivity index (χ2v) is 15.6. The third-order valence-corrected chi connectivity index (χ3v) is 9.43. The van der Waals surface area contributed by atoms with Crippen LogP contribution >= 0.6 is 15.9 Å². The molecule has 6 atom stereocenters. The Balaban J connectivity index is 0.952. The Kier molecular flexibility index (Phi) is 17.1. The van der Waals surface area contributed by atoms with E-state index in [4.69, 9.17) is 33.2 Å².